The Labute approximate surface area is 121 Å². The largest absolute Gasteiger partial charge is 0.398 e. The van der Waals surface area contributed by atoms with Crippen LogP contribution in [-0.2, 0) is 15.8 Å². The number of sulfonamides is 1. The van der Waals surface area contributed by atoms with Gasteiger partial charge in [-0.2, -0.15) is 0 Å². The Balaban J connectivity index is 1.91. The zero-order valence-corrected chi connectivity index (χ0v) is 12.7. The third-order valence-corrected chi connectivity index (χ3v) is 4.96. The van der Waals surface area contributed by atoms with Crippen molar-refractivity contribution in [3.63, 3.8) is 0 Å². The molecule has 0 spiro atoms. The summed E-state index contributed by atoms with van der Waals surface area (Å²) < 4.78 is 27.0. The minimum Gasteiger partial charge on any atom is -0.398 e. The molecule has 1 unspecified atom stereocenters. The van der Waals surface area contributed by atoms with E-state index in [1.54, 1.807) is 24.3 Å². The Bertz CT molecular complexity index is 539. The van der Waals surface area contributed by atoms with Crippen LogP contribution < -0.4 is 10.5 Å². The van der Waals surface area contributed by atoms with Gasteiger partial charge in [-0.15, -0.1) is 0 Å². The van der Waals surface area contributed by atoms with Gasteiger partial charge >= 0.3 is 0 Å². The molecule has 1 aromatic carbocycles. The third kappa shape index (κ3) is 4.47. The molecule has 6 heteroatoms. The fourth-order valence-corrected chi connectivity index (χ4v) is 4.05. The molecule has 1 saturated heterocycles. The molecule has 0 aromatic heterocycles. The van der Waals surface area contributed by atoms with Crippen molar-refractivity contribution in [2.75, 3.05) is 25.4 Å². The molecule has 1 heterocycles. The van der Waals surface area contributed by atoms with Crippen LogP contribution in [0.2, 0.25) is 0 Å². The number of benzene rings is 1. The number of hydrogen-bond acceptors (Lipinski definition) is 4. The molecule has 3 N–H and O–H groups in total. The van der Waals surface area contributed by atoms with Gasteiger partial charge in [-0.1, -0.05) is 18.2 Å². The van der Waals surface area contributed by atoms with Crippen LogP contribution in [0, 0.1) is 0 Å². The monoisotopic (exact) mass is 297 g/mol. The summed E-state index contributed by atoms with van der Waals surface area (Å²) in [7, 11) is -3.35. The van der Waals surface area contributed by atoms with Gasteiger partial charge in [-0.25, -0.2) is 13.1 Å². The Hall–Kier alpha value is -1.11. The summed E-state index contributed by atoms with van der Waals surface area (Å²) in [4.78, 5) is 2.30. The molecule has 1 atom stereocenters. The van der Waals surface area contributed by atoms with Gasteiger partial charge in [-0.05, 0) is 44.5 Å². The van der Waals surface area contributed by atoms with Gasteiger partial charge in [0.05, 0.1) is 5.75 Å². The van der Waals surface area contributed by atoms with Gasteiger partial charge in [0.15, 0.2) is 0 Å². The standard InChI is InChI=1S/C14H23N3O2S/c1-12(10-17-8-4-5-9-17)16-20(18,19)11-13-6-2-3-7-14(13)15/h2-3,6-7,12,16H,4-5,8-11,15H2,1H3. The lowest BCUT2D eigenvalue weighted by Gasteiger charge is -2.21. The molecule has 1 fully saturated rings. The maximum absolute atomic E-state index is 12.2. The molecule has 0 aliphatic carbocycles. The van der Waals surface area contributed by atoms with E-state index in [9.17, 15) is 8.42 Å². The van der Waals surface area contributed by atoms with E-state index in [1.165, 1.54) is 12.8 Å². The lowest BCUT2D eigenvalue weighted by atomic mass is 10.2. The first-order chi connectivity index (χ1) is 9.46. The highest BCUT2D eigenvalue weighted by molar-refractivity contribution is 7.88. The number of nitrogen functional groups attached to an aromatic ring is 1. The van der Waals surface area contributed by atoms with E-state index in [4.69, 9.17) is 5.73 Å². The second-order valence-corrected chi connectivity index (χ2v) is 7.24. The zero-order chi connectivity index (χ0) is 14.6. The summed E-state index contributed by atoms with van der Waals surface area (Å²) in [6.07, 6.45) is 2.42. The highest BCUT2D eigenvalue weighted by Gasteiger charge is 2.20. The Kier molecular flexibility index (Phi) is 5.01. The van der Waals surface area contributed by atoms with Crippen molar-refractivity contribution in [2.24, 2.45) is 0 Å². The SMILES string of the molecule is CC(CN1CCCC1)NS(=O)(=O)Cc1ccccc1N. The number of nitrogens with one attached hydrogen (secondary N) is 1. The summed E-state index contributed by atoms with van der Waals surface area (Å²) in [5, 5.41) is 0. The minimum atomic E-state index is -3.35. The van der Waals surface area contributed by atoms with Gasteiger partial charge < -0.3 is 10.6 Å². The van der Waals surface area contributed by atoms with Gasteiger partial charge in [0.25, 0.3) is 0 Å². The molecule has 1 aliphatic rings. The topological polar surface area (TPSA) is 75.4 Å². The predicted molar refractivity (Wildman–Crippen MR) is 81.7 cm³/mol. The molecule has 0 saturated carbocycles. The van der Waals surface area contributed by atoms with Crippen LogP contribution in [0.5, 0.6) is 0 Å². The van der Waals surface area contributed by atoms with E-state index in [-0.39, 0.29) is 11.8 Å². The molecule has 1 aliphatic heterocycles. The fourth-order valence-electron chi connectivity index (χ4n) is 2.61. The van der Waals surface area contributed by atoms with Crippen LogP contribution in [0.1, 0.15) is 25.3 Å². The van der Waals surface area contributed by atoms with Gasteiger partial charge in [0.2, 0.25) is 10.0 Å². The van der Waals surface area contributed by atoms with E-state index in [2.05, 4.69) is 9.62 Å². The molecule has 0 bridgehead atoms. The second-order valence-electron chi connectivity index (χ2n) is 5.48. The van der Waals surface area contributed by atoms with E-state index in [0.717, 1.165) is 19.6 Å². The Morgan fingerprint density at radius 1 is 1.30 bits per heavy atom. The summed E-state index contributed by atoms with van der Waals surface area (Å²) in [6.45, 7) is 4.81. The molecule has 0 radical (unpaired) electrons. The van der Waals surface area contributed by atoms with Gasteiger partial charge in [0.1, 0.15) is 0 Å². The molecular formula is C14H23N3O2S. The number of rotatable bonds is 6. The summed E-state index contributed by atoms with van der Waals surface area (Å²) in [5.41, 5.74) is 6.96. The van der Waals surface area contributed by atoms with Gasteiger partial charge in [-0.3, -0.25) is 0 Å². The van der Waals surface area contributed by atoms with E-state index >= 15 is 0 Å². The van der Waals surface area contributed by atoms with Crippen LogP contribution in [0.25, 0.3) is 0 Å². The van der Waals surface area contributed by atoms with Crippen LogP contribution in [0.15, 0.2) is 24.3 Å². The highest BCUT2D eigenvalue weighted by Crippen LogP contribution is 2.14. The second kappa shape index (κ2) is 6.56. The molecule has 0 amide bonds. The van der Waals surface area contributed by atoms with Crippen LogP contribution in [-0.4, -0.2) is 39.0 Å². The summed E-state index contributed by atoms with van der Waals surface area (Å²) in [6, 6.07) is 6.99. The zero-order valence-electron chi connectivity index (χ0n) is 11.9. The number of anilines is 1. The Morgan fingerprint density at radius 2 is 1.95 bits per heavy atom. The first-order valence-electron chi connectivity index (χ1n) is 7.02. The molecule has 112 valence electrons. The number of nitrogens with zero attached hydrogens (tertiary/aromatic N) is 1. The maximum Gasteiger partial charge on any atom is 0.216 e. The first-order valence-corrected chi connectivity index (χ1v) is 8.67. The van der Waals surface area contributed by atoms with Crippen molar-refractivity contribution in [3.05, 3.63) is 29.8 Å². The minimum absolute atomic E-state index is 0.0655. The fraction of sp³-hybridized carbons (Fsp3) is 0.571. The average molecular weight is 297 g/mol. The summed E-state index contributed by atoms with van der Waals surface area (Å²) in [5.74, 6) is -0.0655. The number of likely N-dealkylation sites (tertiary alicyclic amines) is 1. The van der Waals surface area contributed by atoms with Gasteiger partial charge in [0, 0.05) is 18.3 Å². The van der Waals surface area contributed by atoms with Crippen molar-refractivity contribution >= 4 is 15.7 Å². The van der Waals surface area contributed by atoms with E-state index < -0.39 is 10.0 Å². The quantitative estimate of drug-likeness (QED) is 0.773. The molecule has 20 heavy (non-hydrogen) atoms. The van der Waals surface area contributed by atoms with Crippen molar-refractivity contribution in [1.82, 2.24) is 9.62 Å². The smallest absolute Gasteiger partial charge is 0.216 e. The normalized spacial score (nSPS) is 18.2. The third-order valence-electron chi connectivity index (χ3n) is 3.51. The first kappa shape index (κ1) is 15.3. The highest BCUT2D eigenvalue weighted by atomic mass is 32.2. The van der Waals surface area contributed by atoms with E-state index in [1.807, 2.05) is 6.92 Å². The van der Waals surface area contributed by atoms with Crippen molar-refractivity contribution < 1.29 is 8.42 Å². The molecule has 5 nitrogen and oxygen atoms in total. The average Bonchev–Trinajstić information content (AvgIpc) is 2.83. The van der Waals surface area contributed by atoms with Crippen molar-refractivity contribution in [3.8, 4) is 0 Å². The van der Waals surface area contributed by atoms with Crippen LogP contribution in [0.3, 0.4) is 0 Å². The maximum atomic E-state index is 12.2. The van der Waals surface area contributed by atoms with Crippen molar-refractivity contribution in [2.45, 2.75) is 31.6 Å². The lowest BCUT2D eigenvalue weighted by Crippen LogP contribution is -2.41. The number of hydrogen-bond donors (Lipinski definition) is 2. The predicted octanol–water partition coefficient (Wildman–Crippen LogP) is 1.17. The molecule has 2 rings (SSSR count). The number of para-hydroxylation sites is 1. The van der Waals surface area contributed by atoms with E-state index in [0.29, 0.717) is 11.3 Å². The summed E-state index contributed by atoms with van der Waals surface area (Å²) >= 11 is 0. The Morgan fingerprint density at radius 3 is 2.60 bits per heavy atom. The lowest BCUT2D eigenvalue weighted by molar-refractivity contribution is 0.312. The number of nitrogens with two attached hydrogens (primary N) is 1. The van der Waals surface area contributed by atoms with Crippen LogP contribution >= 0.6 is 0 Å². The van der Waals surface area contributed by atoms with Crippen LogP contribution in [0.4, 0.5) is 5.69 Å². The van der Waals surface area contributed by atoms with Crippen molar-refractivity contribution in [1.29, 1.82) is 0 Å². The molecular weight excluding hydrogens is 274 g/mol. The molecule has 1 aromatic rings.